The molecule has 1 fully saturated rings. The topological polar surface area (TPSA) is 143 Å². The van der Waals surface area contributed by atoms with Crippen molar-refractivity contribution in [2.75, 3.05) is 0 Å². The molecule has 1 aliphatic rings. The molecule has 0 aromatic heterocycles. The second-order valence-corrected chi connectivity index (χ2v) is 6.61. The minimum absolute atomic E-state index is 0.00124. The fourth-order valence-corrected chi connectivity index (χ4v) is 3.43. The molecule has 1 aliphatic carbocycles. The van der Waals surface area contributed by atoms with E-state index < -0.39 is 5.41 Å². The van der Waals surface area contributed by atoms with Gasteiger partial charge < -0.3 is 17.2 Å². The van der Waals surface area contributed by atoms with Crippen molar-refractivity contribution in [2.45, 2.75) is 18.8 Å². The summed E-state index contributed by atoms with van der Waals surface area (Å²) in [5, 5.41) is 15.1. The average Bonchev–Trinajstić information content (AvgIpc) is 3.31. The van der Waals surface area contributed by atoms with Crippen LogP contribution < -0.4 is 17.2 Å². The molecule has 2 aromatic rings. The summed E-state index contributed by atoms with van der Waals surface area (Å²) in [7, 11) is 0. The van der Waals surface area contributed by atoms with Crippen LogP contribution in [0.25, 0.3) is 0 Å². The van der Waals surface area contributed by atoms with Crippen molar-refractivity contribution in [1.29, 1.82) is 10.8 Å². The molecule has 0 spiro atoms. The summed E-state index contributed by atoms with van der Waals surface area (Å²) < 4.78 is 0. The third-order valence-electron chi connectivity index (χ3n) is 4.92. The number of rotatable bonds is 6. The van der Waals surface area contributed by atoms with Crippen LogP contribution in [0, 0.1) is 16.2 Å². The van der Waals surface area contributed by atoms with Crippen molar-refractivity contribution in [1.82, 2.24) is 0 Å². The Labute approximate surface area is 146 Å². The number of hydrogen-bond acceptors (Lipinski definition) is 3. The number of primary amides is 1. The summed E-state index contributed by atoms with van der Waals surface area (Å²) in [6, 6.07) is 14.7. The van der Waals surface area contributed by atoms with E-state index in [2.05, 4.69) is 0 Å². The van der Waals surface area contributed by atoms with Gasteiger partial charge in [-0.25, -0.2) is 0 Å². The second-order valence-electron chi connectivity index (χ2n) is 6.61. The van der Waals surface area contributed by atoms with Crippen molar-refractivity contribution in [3.05, 3.63) is 70.8 Å². The Balaban J connectivity index is 1.89. The van der Waals surface area contributed by atoms with Crippen molar-refractivity contribution >= 4 is 17.6 Å². The summed E-state index contributed by atoms with van der Waals surface area (Å²) >= 11 is 0. The van der Waals surface area contributed by atoms with Crippen LogP contribution in [0.1, 0.15) is 34.6 Å². The third kappa shape index (κ3) is 3.10. The average molecular weight is 335 g/mol. The Hall–Kier alpha value is -3.15. The van der Waals surface area contributed by atoms with Crippen LogP contribution in [-0.4, -0.2) is 17.6 Å². The van der Waals surface area contributed by atoms with E-state index in [0.717, 1.165) is 11.1 Å². The highest BCUT2D eigenvalue weighted by molar-refractivity contribution is 5.96. The van der Waals surface area contributed by atoms with Gasteiger partial charge in [0.25, 0.3) is 0 Å². The molecule has 1 saturated carbocycles. The first-order chi connectivity index (χ1) is 11.8. The van der Waals surface area contributed by atoms with E-state index >= 15 is 0 Å². The Morgan fingerprint density at radius 1 is 1.00 bits per heavy atom. The summed E-state index contributed by atoms with van der Waals surface area (Å²) in [6.07, 6.45) is 1.16. The van der Waals surface area contributed by atoms with Gasteiger partial charge in [0, 0.05) is 11.1 Å². The molecule has 0 radical (unpaired) electrons. The molecule has 2 unspecified atom stereocenters. The molecule has 8 N–H and O–H groups in total. The summed E-state index contributed by atoms with van der Waals surface area (Å²) in [4.78, 5) is 12.2. The molecule has 3 rings (SSSR count). The van der Waals surface area contributed by atoms with Gasteiger partial charge in [-0.1, -0.05) is 36.4 Å². The number of nitrogen functional groups attached to an aromatic ring is 2. The zero-order valence-electron chi connectivity index (χ0n) is 13.8. The second kappa shape index (κ2) is 6.05. The molecule has 6 nitrogen and oxygen atoms in total. The lowest BCUT2D eigenvalue weighted by Crippen LogP contribution is -2.28. The Kier molecular flexibility index (Phi) is 4.04. The van der Waals surface area contributed by atoms with E-state index in [1.165, 1.54) is 0 Å². The minimum atomic E-state index is -0.648. The molecule has 0 saturated heterocycles. The Morgan fingerprint density at radius 2 is 1.60 bits per heavy atom. The number of carbonyl (C=O) groups is 1. The molecule has 2 atom stereocenters. The van der Waals surface area contributed by atoms with Crippen LogP contribution >= 0.6 is 0 Å². The quantitative estimate of drug-likeness (QED) is 0.402. The van der Waals surface area contributed by atoms with Crippen LogP contribution in [0.15, 0.2) is 48.5 Å². The van der Waals surface area contributed by atoms with E-state index in [-0.39, 0.29) is 23.5 Å². The van der Waals surface area contributed by atoms with Crippen LogP contribution in [0.2, 0.25) is 0 Å². The van der Waals surface area contributed by atoms with Gasteiger partial charge in [-0.05, 0) is 42.0 Å². The minimum Gasteiger partial charge on any atom is -0.384 e. The number of benzene rings is 2. The van der Waals surface area contributed by atoms with E-state index in [0.29, 0.717) is 24.0 Å². The lowest BCUT2D eigenvalue weighted by atomic mass is 9.89. The normalized spacial score (nSPS) is 21.5. The molecule has 0 heterocycles. The molecular weight excluding hydrogens is 314 g/mol. The molecule has 6 heteroatoms. The first-order valence-electron chi connectivity index (χ1n) is 8.01. The zero-order chi connectivity index (χ0) is 18.2. The Morgan fingerprint density at radius 3 is 2.20 bits per heavy atom. The summed E-state index contributed by atoms with van der Waals surface area (Å²) in [5.41, 5.74) is 19.4. The van der Waals surface area contributed by atoms with Crippen LogP contribution in [0.3, 0.4) is 0 Å². The molecule has 0 bridgehead atoms. The molecule has 25 heavy (non-hydrogen) atoms. The van der Waals surface area contributed by atoms with Gasteiger partial charge >= 0.3 is 0 Å². The van der Waals surface area contributed by atoms with Crippen molar-refractivity contribution in [3.8, 4) is 0 Å². The van der Waals surface area contributed by atoms with Gasteiger partial charge in [0.15, 0.2) is 0 Å². The molecule has 1 amide bonds. The van der Waals surface area contributed by atoms with E-state index in [4.69, 9.17) is 28.0 Å². The lowest BCUT2D eigenvalue weighted by Gasteiger charge is -2.15. The molecule has 0 aliphatic heterocycles. The number of amidine groups is 2. The third-order valence-corrected chi connectivity index (χ3v) is 4.92. The van der Waals surface area contributed by atoms with Gasteiger partial charge in [-0.3, -0.25) is 15.6 Å². The fraction of sp³-hybridized carbons (Fsp3) is 0.211. The van der Waals surface area contributed by atoms with Gasteiger partial charge in [0.05, 0.1) is 5.41 Å². The predicted octanol–water partition coefficient (Wildman–Crippen LogP) is 1.46. The first kappa shape index (κ1) is 16.7. The summed E-state index contributed by atoms with van der Waals surface area (Å²) in [6.45, 7) is 0. The highest BCUT2D eigenvalue weighted by atomic mass is 16.1. The van der Waals surface area contributed by atoms with Crippen molar-refractivity contribution < 1.29 is 4.79 Å². The van der Waals surface area contributed by atoms with Crippen LogP contribution in [-0.2, 0) is 11.2 Å². The number of carbonyl (C=O) groups excluding carboxylic acids is 1. The van der Waals surface area contributed by atoms with E-state index in [1.54, 1.807) is 12.1 Å². The zero-order valence-corrected chi connectivity index (χ0v) is 13.8. The van der Waals surface area contributed by atoms with E-state index in [9.17, 15) is 4.79 Å². The maximum absolute atomic E-state index is 12.2. The van der Waals surface area contributed by atoms with Gasteiger partial charge in [-0.15, -0.1) is 0 Å². The largest absolute Gasteiger partial charge is 0.384 e. The van der Waals surface area contributed by atoms with Crippen molar-refractivity contribution in [3.63, 3.8) is 0 Å². The van der Waals surface area contributed by atoms with Gasteiger partial charge in [0.2, 0.25) is 5.91 Å². The molecule has 2 aromatic carbocycles. The standard InChI is InChI=1S/C19H21N5O/c20-16(21)13-5-1-3-11(7-13)9-19(18(24)25)10-15(19)12-4-2-6-14(8-12)17(22)23/h1-8,15H,9-10H2,(H3,20,21)(H3,22,23)(H2,24,25). The molecular formula is C19H21N5O. The number of nitrogens with two attached hydrogens (primary N) is 3. The predicted molar refractivity (Wildman–Crippen MR) is 97.6 cm³/mol. The first-order valence-corrected chi connectivity index (χ1v) is 8.01. The number of hydrogen-bond donors (Lipinski definition) is 5. The SMILES string of the molecule is N=C(N)c1cccc(CC2(C(N)=O)CC2c2cccc(C(=N)N)c2)c1. The fourth-order valence-electron chi connectivity index (χ4n) is 3.43. The maximum atomic E-state index is 12.2. The van der Waals surface area contributed by atoms with Crippen LogP contribution in [0.4, 0.5) is 0 Å². The highest BCUT2D eigenvalue weighted by Gasteiger charge is 2.59. The highest BCUT2D eigenvalue weighted by Crippen LogP contribution is 2.61. The van der Waals surface area contributed by atoms with Gasteiger partial charge in [0.1, 0.15) is 11.7 Å². The van der Waals surface area contributed by atoms with Crippen LogP contribution in [0.5, 0.6) is 0 Å². The monoisotopic (exact) mass is 335 g/mol. The van der Waals surface area contributed by atoms with Crippen molar-refractivity contribution in [2.24, 2.45) is 22.6 Å². The van der Waals surface area contributed by atoms with E-state index in [1.807, 2.05) is 36.4 Å². The Bertz CT molecular complexity index is 876. The van der Waals surface area contributed by atoms with Gasteiger partial charge in [-0.2, -0.15) is 0 Å². The maximum Gasteiger partial charge on any atom is 0.224 e. The smallest absolute Gasteiger partial charge is 0.224 e. The number of nitrogens with one attached hydrogen (secondary N) is 2. The lowest BCUT2D eigenvalue weighted by molar-refractivity contribution is -0.123. The molecule has 128 valence electrons. The number of amides is 1. The summed E-state index contributed by atoms with van der Waals surface area (Å²) in [5.74, 6) is -0.331.